The van der Waals surface area contributed by atoms with Gasteiger partial charge in [-0.2, -0.15) is 11.8 Å². The van der Waals surface area contributed by atoms with Crippen LogP contribution in [0.25, 0.3) is 0 Å². The van der Waals surface area contributed by atoms with E-state index in [0.29, 0.717) is 16.9 Å². The van der Waals surface area contributed by atoms with Gasteiger partial charge in [0.2, 0.25) is 0 Å². The molecule has 0 radical (unpaired) electrons. The number of aromatic nitrogens is 1. The van der Waals surface area contributed by atoms with Crippen LogP contribution < -0.4 is 5.73 Å². The van der Waals surface area contributed by atoms with Gasteiger partial charge in [-0.1, -0.05) is 26.8 Å². The predicted octanol–water partition coefficient (Wildman–Crippen LogP) is 2.64. The Kier molecular flexibility index (Phi) is 4.80. The first-order valence-electron chi connectivity index (χ1n) is 5.42. The van der Waals surface area contributed by atoms with Crippen LogP contribution in [0.3, 0.4) is 0 Å². The molecule has 4 heteroatoms. The molecule has 0 amide bonds. The number of rotatable bonds is 5. The van der Waals surface area contributed by atoms with Gasteiger partial charge in [-0.15, -0.1) is 0 Å². The normalized spacial score (nSPS) is 12.8. The van der Waals surface area contributed by atoms with Gasteiger partial charge in [0.05, 0.1) is 0 Å². The van der Waals surface area contributed by atoms with Gasteiger partial charge >= 0.3 is 0 Å². The lowest BCUT2D eigenvalue weighted by Gasteiger charge is -2.15. The largest absolute Gasteiger partial charge is 0.382 e. The van der Waals surface area contributed by atoms with Crippen molar-refractivity contribution in [2.75, 3.05) is 0 Å². The summed E-state index contributed by atoms with van der Waals surface area (Å²) in [5.74, 6) is 1.57. The van der Waals surface area contributed by atoms with Crippen molar-refractivity contribution >= 4 is 17.6 Å². The number of nitrogens with two attached hydrogens (primary N) is 1. The van der Waals surface area contributed by atoms with Gasteiger partial charge in [0.15, 0.2) is 0 Å². The van der Waals surface area contributed by atoms with Crippen molar-refractivity contribution in [1.82, 2.24) is 4.98 Å². The second-order valence-corrected chi connectivity index (χ2v) is 5.55. The van der Waals surface area contributed by atoms with E-state index in [2.05, 4.69) is 25.8 Å². The molecule has 16 heavy (non-hydrogen) atoms. The monoisotopic (exact) mass is 237 g/mol. The summed E-state index contributed by atoms with van der Waals surface area (Å²) in [6.07, 6.45) is 1.68. The van der Waals surface area contributed by atoms with Crippen LogP contribution in [0, 0.1) is 11.3 Å². The maximum atomic E-state index is 7.45. The number of nitrogens with zero attached hydrogens (tertiary/aromatic N) is 1. The Morgan fingerprint density at radius 2 is 2.19 bits per heavy atom. The summed E-state index contributed by atoms with van der Waals surface area (Å²) in [6, 6.07) is 3.88. The van der Waals surface area contributed by atoms with Crippen molar-refractivity contribution < 1.29 is 0 Å². The van der Waals surface area contributed by atoms with Crippen LogP contribution in [0.2, 0.25) is 0 Å². The molecule has 0 aliphatic heterocycles. The summed E-state index contributed by atoms with van der Waals surface area (Å²) in [5.41, 5.74) is 7.16. The van der Waals surface area contributed by atoms with E-state index in [1.165, 1.54) is 0 Å². The van der Waals surface area contributed by atoms with Gasteiger partial charge in [0.25, 0.3) is 0 Å². The van der Waals surface area contributed by atoms with Crippen LogP contribution in [0.15, 0.2) is 18.3 Å². The van der Waals surface area contributed by atoms with Crippen LogP contribution in [-0.2, 0) is 5.75 Å². The van der Waals surface area contributed by atoms with Gasteiger partial charge in [0, 0.05) is 17.2 Å². The maximum absolute atomic E-state index is 7.45. The molecule has 1 atom stereocenters. The molecule has 0 saturated heterocycles. The molecule has 1 aromatic rings. The molecule has 0 aliphatic carbocycles. The number of hydrogen-bond donors (Lipinski definition) is 2. The molecular weight excluding hydrogens is 218 g/mol. The highest BCUT2D eigenvalue weighted by Gasteiger charge is 2.11. The van der Waals surface area contributed by atoms with Crippen molar-refractivity contribution in [2.45, 2.75) is 31.8 Å². The molecule has 0 saturated carbocycles. The van der Waals surface area contributed by atoms with Gasteiger partial charge in [-0.05, 0) is 17.5 Å². The summed E-state index contributed by atoms with van der Waals surface area (Å²) in [5, 5.41) is 8.05. The lowest BCUT2D eigenvalue weighted by Crippen LogP contribution is -2.16. The Balaban J connectivity index is 2.70. The molecule has 0 aromatic carbocycles. The fourth-order valence-electron chi connectivity index (χ4n) is 1.21. The molecule has 88 valence electrons. The SMILES string of the molecule is CC(C)C(C)SCc1cccnc1C(=N)N. The zero-order chi connectivity index (χ0) is 12.1. The highest BCUT2D eigenvalue weighted by molar-refractivity contribution is 7.99. The third-order valence-electron chi connectivity index (χ3n) is 2.59. The van der Waals surface area contributed by atoms with Crippen LogP contribution in [0.4, 0.5) is 0 Å². The van der Waals surface area contributed by atoms with Gasteiger partial charge in [0.1, 0.15) is 11.5 Å². The van der Waals surface area contributed by atoms with Gasteiger partial charge in [-0.3, -0.25) is 10.4 Å². The van der Waals surface area contributed by atoms with E-state index in [9.17, 15) is 0 Å². The Hall–Kier alpha value is -1.03. The summed E-state index contributed by atoms with van der Waals surface area (Å²) in [4.78, 5) is 4.14. The maximum Gasteiger partial charge on any atom is 0.142 e. The molecule has 1 aromatic heterocycles. The molecule has 1 heterocycles. The quantitative estimate of drug-likeness (QED) is 0.611. The third-order valence-corrected chi connectivity index (χ3v) is 4.13. The van der Waals surface area contributed by atoms with Crippen molar-refractivity contribution in [3.05, 3.63) is 29.6 Å². The molecule has 1 unspecified atom stereocenters. The van der Waals surface area contributed by atoms with Crippen molar-refractivity contribution in [2.24, 2.45) is 11.7 Å². The van der Waals surface area contributed by atoms with E-state index in [4.69, 9.17) is 11.1 Å². The van der Waals surface area contributed by atoms with Crippen molar-refractivity contribution in [1.29, 1.82) is 5.41 Å². The van der Waals surface area contributed by atoms with E-state index in [0.717, 1.165) is 11.3 Å². The fraction of sp³-hybridized carbons (Fsp3) is 0.500. The number of pyridine rings is 1. The molecule has 0 aliphatic rings. The summed E-state index contributed by atoms with van der Waals surface area (Å²) < 4.78 is 0. The first kappa shape index (κ1) is 13.0. The standard InChI is InChI=1S/C12H19N3S/c1-8(2)9(3)16-7-10-5-4-6-15-11(10)12(13)14/h4-6,8-9H,7H2,1-3H3,(H3,13,14). The van der Waals surface area contributed by atoms with Crippen LogP contribution in [-0.4, -0.2) is 16.1 Å². The molecule has 3 nitrogen and oxygen atoms in total. The molecule has 0 fully saturated rings. The fourth-order valence-corrected chi connectivity index (χ4v) is 2.27. The summed E-state index contributed by atoms with van der Waals surface area (Å²) in [6.45, 7) is 6.65. The van der Waals surface area contributed by atoms with E-state index >= 15 is 0 Å². The zero-order valence-corrected chi connectivity index (χ0v) is 10.8. The Morgan fingerprint density at radius 3 is 2.75 bits per heavy atom. The van der Waals surface area contributed by atoms with E-state index in [1.54, 1.807) is 6.20 Å². The van der Waals surface area contributed by atoms with Crippen molar-refractivity contribution in [3.8, 4) is 0 Å². The predicted molar refractivity (Wildman–Crippen MR) is 70.8 cm³/mol. The Bertz CT molecular complexity index is 363. The first-order valence-corrected chi connectivity index (χ1v) is 6.47. The number of thioether (sulfide) groups is 1. The third kappa shape index (κ3) is 3.52. The molecule has 0 bridgehead atoms. The minimum Gasteiger partial charge on any atom is -0.382 e. The molecule has 0 spiro atoms. The summed E-state index contributed by atoms with van der Waals surface area (Å²) in [7, 11) is 0. The topological polar surface area (TPSA) is 62.8 Å². The second kappa shape index (κ2) is 5.89. The molecule has 3 N–H and O–H groups in total. The van der Waals surface area contributed by atoms with E-state index in [1.807, 2.05) is 23.9 Å². The van der Waals surface area contributed by atoms with Crippen LogP contribution in [0.1, 0.15) is 32.0 Å². The average Bonchev–Trinajstić information content (AvgIpc) is 2.25. The number of nitrogens with one attached hydrogen (secondary N) is 1. The van der Waals surface area contributed by atoms with E-state index in [-0.39, 0.29) is 5.84 Å². The smallest absolute Gasteiger partial charge is 0.142 e. The van der Waals surface area contributed by atoms with Crippen molar-refractivity contribution in [3.63, 3.8) is 0 Å². The number of nitrogen functional groups attached to an aromatic ring is 1. The number of amidine groups is 1. The summed E-state index contributed by atoms with van der Waals surface area (Å²) >= 11 is 1.88. The van der Waals surface area contributed by atoms with Crippen LogP contribution >= 0.6 is 11.8 Å². The van der Waals surface area contributed by atoms with Gasteiger partial charge < -0.3 is 5.73 Å². The number of hydrogen-bond acceptors (Lipinski definition) is 3. The minimum absolute atomic E-state index is 0.0494. The molecular formula is C12H19N3S. The minimum atomic E-state index is 0.0494. The van der Waals surface area contributed by atoms with Gasteiger partial charge in [-0.25, -0.2) is 0 Å². The highest BCUT2D eigenvalue weighted by atomic mass is 32.2. The second-order valence-electron chi connectivity index (χ2n) is 4.18. The first-order chi connectivity index (χ1) is 7.52. The zero-order valence-electron chi connectivity index (χ0n) is 10.0. The highest BCUT2D eigenvalue weighted by Crippen LogP contribution is 2.23. The lowest BCUT2D eigenvalue weighted by molar-refractivity contribution is 0.642. The Labute approximate surface area is 101 Å². The molecule has 1 rings (SSSR count). The average molecular weight is 237 g/mol. The van der Waals surface area contributed by atoms with E-state index < -0.39 is 0 Å². The Morgan fingerprint density at radius 1 is 1.50 bits per heavy atom. The van der Waals surface area contributed by atoms with Crippen LogP contribution in [0.5, 0.6) is 0 Å². The lowest BCUT2D eigenvalue weighted by atomic mass is 10.2.